The molecule has 19 heteroatoms. The lowest BCUT2D eigenvalue weighted by atomic mass is 10.0. The van der Waals surface area contributed by atoms with Gasteiger partial charge in [0.1, 0.15) is 30.6 Å². The van der Waals surface area contributed by atoms with Gasteiger partial charge in [-0.15, -0.1) is 11.8 Å². The number of anilines is 5. The maximum Gasteiger partial charge on any atom is 0.263 e. The Morgan fingerprint density at radius 3 is 2.52 bits per heavy atom. The van der Waals surface area contributed by atoms with Gasteiger partial charge >= 0.3 is 0 Å². The second-order valence-electron chi connectivity index (χ2n) is 14.7. The number of benzene rings is 3. The predicted octanol–water partition coefficient (Wildman–Crippen LogP) is 5.17. The van der Waals surface area contributed by atoms with Crippen LogP contribution in [0, 0.1) is 0 Å². The Hall–Kier alpha value is -5.48. The largest absolute Gasteiger partial charge is 0.494 e. The third-order valence-corrected chi connectivity index (χ3v) is 13.1. The highest BCUT2D eigenvalue weighted by molar-refractivity contribution is 7.99. The maximum absolute atomic E-state index is 13.3. The molecule has 3 aliphatic rings. The topological polar surface area (TPSA) is 201 Å². The average Bonchev–Trinajstić information content (AvgIpc) is 3.48. The van der Waals surface area contributed by atoms with Crippen molar-refractivity contribution < 1.29 is 38.0 Å². The average molecular weight is 875 g/mol. The Kier molecular flexibility index (Phi) is 13.1. The number of aromatic nitrogens is 2. The van der Waals surface area contributed by atoms with E-state index in [-0.39, 0.29) is 55.1 Å². The van der Waals surface area contributed by atoms with Crippen molar-refractivity contribution in [2.75, 3.05) is 68.0 Å². The van der Waals surface area contributed by atoms with E-state index in [9.17, 15) is 28.5 Å². The number of piperidine rings is 2. The highest BCUT2D eigenvalue weighted by Crippen LogP contribution is 2.39. The summed E-state index contributed by atoms with van der Waals surface area (Å²) in [7, 11) is -0.988. The minimum atomic E-state index is -2.57. The third-order valence-electron chi connectivity index (χ3n) is 10.3. The van der Waals surface area contributed by atoms with Gasteiger partial charge in [0.25, 0.3) is 11.8 Å². The molecule has 4 aromatic rings. The van der Waals surface area contributed by atoms with Crippen LogP contribution in [0.2, 0.25) is 5.02 Å². The Morgan fingerprint density at radius 1 is 0.983 bits per heavy atom. The molecular formula is C41H44ClN8O8PS. The van der Waals surface area contributed by atoms with Crippen molar-refractivity contribution in [3.63, 3.8) is 0 Å². The van der Waals surface area contributed by atoms with Crippen LogP contribution in [0.5, 0.6) is 5.75 Å². The normalized spacial score (nSPS) is 17.0. The molecule has 5 amide bonds. The molecule has 0 spiro atoms. The van der Waals surface area contributed by atoms with E-state index in [1.54, 1.807) is 38.6 Å². The van der Waals surface area contributed by atoms with Crippen LogP contribution in [0.3, 0.4) is 0 Å². The minimum Gasteiger partial charge on any atom is -0.494 e. The second-order valence-corrected chi connectivity index (χ2v) is 19.5. The molecule has 1 unspecified atom stereocenters. The monoisotopic (exact) mass is 874 g/mol. The highest BCUT2D eigenvalue weighted by Gasteiger charge is 2.45. The SMILES string of the molecule is COc1cc(N2CCC(NC(=O)COCCSc3cccc4c3C(=O)N(C3CCC(=O)NC3=O)C4=O)CC2)ccc1Nc1ncc(Cl)c(Nc2ccccc2P(C)(C)=O)n1. The first kappa shape index (κ1) is 42.6. The van der Waals surface area contributed by atoms with E-state index < -0.39 is 36.8 Å². The number of methoxy groups -OCH3 is 1. The number of rotatable bonds is 15. The number of hydrogen-bond acceptors (Lipinski definition) is 14. The Labute approximate surface area is 355 Å². The summed E-state index contributed by atoms with van der Waals surface area (Å²) in [5.74, 6) is -0.784. The number of fused-ring (bicyclic) bond motifs is 1. The standard InChI is InChI=1S/C41H44ClN8O8PS/c1-57-31-21-25(11-12-28(31)46-41-43-22-27(42)37(48-41)45-29-8-4-5-9-32(29)59(2,3)56)49-17-15-24(16-18-49)44-35(52)23-58-19-20-60-33-10-6-7-26-36(33)40(55)50(39(26)54)30-13-14-34(51)47-38(30)53/h4-12,21-22,24,30H,13-20,23H2,1-3H3,(H,44,52)(H,47,51,53)(H2,43,45,46,48). The quantitative estimate of drug-likeness (QED) is 0.0528. The Morgan fingerprint density at radius 2 is 1.77 bits per heavy atom. The molecule has 60 heavy (non-hydrogen) atoms. The number of hydrogen-bond donors (Lipinski definition) is 4. The molecule has 4 heterocycles. The number of imide groups is 2. The summed E-state index contributed by atoms with van der Waals surface area (Å²) in [4.78, 5) is 75.9. The maximum atomic E-state index is 13.3. The summed E-state index contributed by atoms with van der Waals surface area (Å²) in [6.45, 7) is 4.94. The number of thioether (sulfide) groups is 1. The van der Waals surface area contributed by atoms with Crippen molar-refractivity contribution in [3.05, 3.63) is 83.0 Å². The van der Waals surface area contributed by atoms with Crippen LogP contribution in [0.4, 0.5) is 28.8 Å². The molecule has 1 aromatic heterocycles. The van der Waals surface area contributed by atoms with Gasteiger partial charge < -0.3 is 34.9 Å². The Balaban J connectivity index is 0.860. The van der Waals surface area contributed by atoms with Gasteiger partial charge in [-0.05, 0) is 69.0 Å². The molecular weight excluding hydrogens is 831 g/mol. The molecule has 2 fully saturated rings. The third kappa shape index (κ3) is 9.60. The summed E-state index contributed by atoms with van der Waals surface area (Å²) in [5.41, 5.74) is 2.70. The number of carbonyl (C=O) groups is 5. The van der Waals surface area contributed by atoms with E-state index in [1.807, 2.05) is 42.5 Å². The molecule has 7 rings (SSSR count). The van der Waals surface area contributed by atoms with Crippen LogP contribution >= 0.6 is 30.5 Å². The summed E-state index contributed by atoms with van der Waals surface area (Å²) in [5, 5.41) is 12.7. The van der Waals surface area contributed by atoms with Crippen LogP contribution in [-0.4, -0.2) is 109 Å². The van der Waals surface area contributed by atoms with Gasteiger partial charge in [0, 0.05) is 53.3 Å². The zero-order valence-electron chi connectivity index (χ0n) is 33.2. The van der Waals surface area contributed by atoms with Gasteiger partial charge in [-0.1, -0.05) is 29.8 Å². The van der Waals surface area contributed by atoms with Crippen molar-refractivity contribution in [2.24, 2.45) is 0 Å². The zero-order valence-corrected chi connectivity index (χ0v) is 35.6. The van der Waals surface area contributed by atoms with E-state index in [1.165, 1.54) is 18.0 Å². The fraction of sp³-hybridized carbons (Fsp3) is 0.341. The minimum absolute atomic E-state index is 0.0178. The molecule has 0 radical (unpaired) electrons. The number of nitrogens with one attached hydrogen (secondary N) is 4. The van der Waals surface area contributed by atoms with Crippen LogP contribution < -0.4 is 36.2 Å². The Bertz CT molecular complexity index is 2390. The van der Waals surface area contributed by atoms with E-state index in [0.29, 0.717) is 57.0 Å². The van der Waals surface area contributed by atoms with Gasteiger partial charge in [0.15, 0.2) is 5.82 Å². The lowest BCUT2D eigenvalue weighted by Gasteiger charge is -2.34. The van der Waals surface area contributed by atoms with E-state index in [2.05, 4.69) is 36.1 Å². The van der Waals surface area contributed by atoms with Gasteiger partial charge in [-0.25, -0.2) is 4.98 Å². The fourth-order valence-corrected chi connectivity index (χ4v) is 9.55. The summed E-state index contributed by atoms with van der Waals surface area (Å²) < 4.78 is 24.3. The second kappa shape index (κ2) is 18.4. The molecule has 16 nitrogen and oxygen atoms in total. The molecule has 3 aliphatic heterocycles. The van der Waals surface area contributed by atoms with Crippen LogP contribution in [-0.2, 0) is 23.7 Å². The fourth-order valence-electron chi connectivity index (χ4n) is 7.32. The lowest BCUT2D eigenvalue weighted by molar-refractivity contribution is -0.136. The van der Waals surface area contributed by atoms with E-state index >= 15 is 0 Å². The van der Waals surface area contributed by atoms with Crippen molar-refractivity contribution in [1.82, 2.24) is 25.5 Å². The van der Waals surface area contributed by atoms with Crippen LogP contribution in [0.25, 0.3) is 0 Å². The van der Waals surface area contributed by atoms with Crippen molar-refractivity contribution in [1.29, 1.82) is 0 Å². The zero-order chi connectivity index (χ0) is 42.6. The number of nitrogens with zero attached hydrogens (tertiary/aromatic N) is 4. The summed E-state index contributed by atoms with van der Waals surface area (Å²) in [6.07, 6.45) is 3.08. The summed E-state index contributed by atoms with van der Waals surface area (Å²) in [6, 6.07) is 17.0. The smallest absolute Gasteiger partial charge is 0.263 e. The first-order chi connectivity index (χ1) is 28.8. The molecule has 314 valence electrons. The van der Waals surface area contributed by atoms with Crippen LogP contribution in [0.1, 0.15) is 46.4 Å². The summed E-state index contributed by atoms with van der Waals surface area (Å²) >= 11 is 7.77. The van der Waals surface area contributed by atoms with Gasteiger partial charge in [-0.3, -0.25) is 34.2 Å². The van der Waals surface area contributed by atoms with Gasteiger partial charge in [0.2, 0.25) is 23.7 Å². The number of halogens is 1. The van der Waals surface area contributed by atoms with Crippen LogP contribution in [0.15, 0.2) is 71.8 Å². The molecule has 2 saturated heterocycles. The molecule has 1 atom stereocenters. The predicted molar refractivity (Wildman–Crippen MR) is 230 cm³/mol. The first-order valence-electron chi connectivity index (χ1n) is 19.3. The first-order valence-corrected chi connectivity index (χ1v) is 23.3. The molecule has 3 aromatic carbocycles. The number of ether oxygens (including phenoxy) is 2. The molecule has 0 bridgehead atoms. The molecule has 0 aliphatic carbocycles. The highest BCUT2D eigenvalue weighted by atomic mass is 35.5. The van der Waals surface area contributed by atoms with Crippen molar-refractivity contribution in [2.45, 2.75) is 42.7 Å². The number of amides is 5. The lowest BCUT2D eigenvalue weighted by Crippen LogP contribution is -2.54. The van der Waals surface area contributed by atoms with Crippen molar-refractivity contribution >= 4 is 94.2 Å². The van der Waals surface area contributed by atoms with Gasteiger partial charge in [0.05, 0.1) is 42.4 Å². The van der Waals surface area contributed by atoms with E-state index in [0.717, 1.165) is 23.4 Å². The molecule has 0 saturated carbocycles. The number of carbonyl (C=O) groups excluding carboxylic acids is 5. The van der Waals surface area contributed by atoms with Gasteiger partial charge in [-0.2, -0.15) is 4.98 Å². The number of para-hydroxylation sites is 1. The van der Waals surface area contributed by atoms with Crippen molar-refractivity contribution in [3.8, 4) is 5.75 Å². The molecule has 4 N–H and O–H groups in total. The van der Waals surface area contributed by atoms with E-state index in [4.69, 9.17) is 21.1 Å².